The Morgan fingerprint density at radius 1 is 1.07 bits per heavy atom. The minimum absolute atomic E-state index is 0.0756. The lowest BCUT2D eigenvalue weighted by molar-refractivity contribution is -0.137. The van der Waals surface area contributed by atoms with E-state index in [0.717, 1.165) is 17.7 Å². The van der Waals surface area contributed by atoms with Crippen LogP contribution in [-0.2, 0) is 18.2 Å². The third-order valence-corrected chi connectivity index (χ3v) is 4.23. The monoisotopic (exact) mass is 387 g/mol. The van der Waals surface area contributed by atoms with Gasteiger partial charge in [0.1, 0.15) is 0 Å². The number of aromatic nitrogens is 2. The molecule has 0 fully saturated rings. The van der Waals surface area contributed by atoms with Crippen LogP contribution in [0.1, 0.15) is 35.9 Å². The Kier molecular flexibility index (Phi) is 5.21. The number of hydrogen-bond donors (Lipinski definition) is 1. The van der Waals surface area contributed by atoms with E-state index in [4.69, 9.17) is 9.68 Å². The molecule has 5 nitrogen and oxygen atoms in total. The molecular weight excluding hydrogens is 371 g/mol. The van der Waals surface area contributed by atoms with E-state index < -0.39 is 17.3 Å². The second-order valence-electron chi connectivity index (χ2n) is 6.55. The van der Waals surface area contributed by atoms with Crippen LogP contribution in [0.3, 0.4) is 0 Å². The van der Waals surface area contributed by atoms with Gasteiger partial charge in [-0.15, -0.1) is 10.2 Å². The highest BCUT2D eigenvalue weighted by Crippen LogP contribution is 2.31. The van der Waals surface area contributed by atoms with Crippen molar-refractivity contribution in [2.45, 2.75) is 31.5 Å². The summed E-state index contributed by atoms with van der Waals surface area (Å²) in [7, 11) is 0. The highest BCUT2D eigenvalue weighted by molar-refractivity contribution is 5.59. The van der Waals surface area contributed by atoms with Gasteiger partial charge in [0.05, 0.1) is 18.1 Å². The molecule has 0 radical (unpaired) electrons. The maximum atomic E-state index is 12.7. The summed E-state index contributed by atoms with van der Waals surface area (Å²) in [6.45, 7) is 1.40. The van der Waals surface area contributed by atoms with Crippen molar-refractivity contribution in [2.24, 2.45) is 0 Å². The fraction of sp³-hybridized carbons (Fsp3) is 0.250. The van der Waals surface area contributed by atoms with Gasteiger partial charge in [0.15, 0.2) is 5.60 Å². The first-order valence-corrected chi connectivity index (χ1v) is 8.38. The Bertz CT molecular complexity index is 1000. The molecular formula is C20H16F3N3O2. The number of nitriles is 1. The summed E-state index contributed by atoms with van der Waals surface area (Å²) in [6.07, 6.45) is -4.22. The number of alkyl halides is 3. The van der Waals surface area contributed by atoms with E-state index in [1.54, 1.807) is 18.2 Å². The van der Waals surface area contributed by atoms with Crippen LogP contribution < -0.4 is 0 Å². The van der Waals surface area contributed by atoms with Crippen LogP contribution in [0.25, 0.3) is 11.5 Å². The first kappa shape index (κ1) is 19.6. The van der Waals surface area contributed by atoms with Crippen LogP contribution >= 0.6 is 0 Å². The molecule has 2 aromatic carbocycles. The van der Waals surface area contributed by atoms with Crippen molar-refractivity contribution < 1.29 is 22.7 Å². The van der Waals surface area contributed by atoms with Gasteiger partial charge in [-0.1, -0.05) is 30.3 Å². The summed E-state index contributed by atoms with van der Waals surface area (Å²) < 4.78 is 43.7. The smallest absolute Gasteiger partial charge is 0.416 e. The molecule has 1 aromatic heterocycles. The number of aliphatic hydroxyl groups is 1. The quantitative estimate of drug-likeness (QED) is 0.699. The molecule has 0 saturated heterocycles. The summed E-state index contributed by atoms with van der Waals surface area (Å²) >= 11 is 0. The first-order valence-electron chi connectivity index (χ1n) is 8.38. The number of benzene rings is 2. The van der Waals surface area contributed by atoms with Gasteiger partial charge in [-0.05, 0) is 42.7 Å². The van der Waals surface area contributed by atoms with Crippen LogP contribution in [0.15, 0.2) is 52.9 Å². The van der Waals surface area contributed by atoms with Crippen molar-refractivity contribution in [3.05, 3.63) is 71.1 Å². The fourth-order valence-electron chi connectivity index (χ4n) is 2.69. The van der Waals surface area contributed by atoms with E-state index in [-0.39, 0.29) is 18.2 Å². The zero-order chi connectivity index (χ0) is 20.4. The van der Waals surface area contributed by atoms with E-state index in [0.29, 0.717) is 17.5 Å². The van der Waals surface area contributed by atoms with Gasteiger partial charge in [-0.3, -0.25) is 0 Å². The van der Waals surface area contributed by atoms with Crippen molar-refractivity contribution in [2.75, 3.05) is 0 Å². The Morgan fingerprint density at radius 2 is 1.75 bits per heavy atom. The van der Waals surface area contributed by atoms with E-state index in [1.807, 2.05) is 12.1 Å². The highest BCUT2D eigenvalue weighted by Gasteiger charge is 2.31. The van der Waals surface area contributed by atoms with Gasteiger partial charge in [-0.25, -0.2) is 0 Å². The van der Waals surface area contributed by atoms with Crippen molar-refractivity contribution in [3.8, 4) is 17.5 Å². The van der Waals surface area contributed by atoms with Gasteiger partial charge in [0, 0.05) is 5.56 Å². The van der Waals surface area contributed by atoms with Crippen LogP contribution in [0, 0.1) is 11.3 Å². The van der Waals surface area contributed by atoms with Gasteiger partial charge >= 0.3 is 6.18 Å². The SMILES string of the molecule is CC(O)(CC#N)c1nnc(-c2ccccc2Cc2ccc(C(F)(F)F)cc2)o1. The highest BCUT2D eigenvalue weighted by atomic mass is 19.4. The lowest BCUT2D eigenvalue weighted by atomic mass is 9.99. The van der Waals surface area contributed by atoms with Crippen molar-refractivity contribution >= 4 is 0 Å². The molecule has 1 atom stereocenters. The van der Waals surface area contributed by atoms with Crippen molar-refractivity contribution in [3.63, 3.8) is 0 Å². The second kappa shape index (κ2) is 7.44. The summed E-state index contributed by atoms with van der Waals surface area (Å²) in [6, 6.07) is 13.9. The standard InChI is InChI=1S/C20H16F3N3O2/c1-19(27,10-11-24)18-26-25-17(28-18)16-5-3-2-4-14(16)12-13-6-8-15(9-7-13)20(21,22)23/h2-9,27H,10,12H2,1H3. The topological polar surface area (TPSA) is 82.9 Å². The third-order valence-electron chi connectivity index (χ3n) is 4.23. The minimum Gasteiger partial charge on any atom is -0.417 e. The molecule has 1 N–H and O–H groups in total. The first-order chi connectivity index (χ1) is 13.2. The fourth-order valence-corrected chi connectivity index (χ4v) is 2.69. The van der Waals surface area contributed by atoms with E-state index >= 15 is 0 Å². The lowest BCUT2D eigenvalue weighted by Gasteiger charge is -2.13. The zero-order valence-corrected chi connectivity index (χ0v) is 14.9. The Labute approximate surface area is 159 Å². The van der Waals surface area contributed by atoms with Gasteiger partial charge < -0.3 is 9.52 Å². The van der Waals surface area contributed by atoms with E-state index in [1.165, 1.54) is 19.1 Å². The van der Waals surface area contributed by atoms with Crippen LogP contribution in [-0.4, -0.2) is 15.3 Å². The molecule has 8 heteroatoms. The van der Waals surface area contributed by atoms with Crippen molar-refractivity contribution in [1.29, 1.82) is 5.26 Å². The van der Waals surface area contributed by atoms with Gasteiger partial charge in [0.25, 0.3) is 0 Å². The average molecular weight is 387 g/mol. The molecule has 3 rings (SSSR count). The maximum Gasteiger partial charge on any atom is 0.416 e. The molecule has 144 valence electrons. The summed E-state index contributed by atoms with van der Waals surface area (Å²) in [5, 5.41) is 26.8. The molecule has 28 heavy (non-hydrogen) atoms. The predicted octanol–water partition coefficient (Wildman–Crippen LogP) is 4.47. The zero-order valence-electron chi connectivity index (χ0n) is 14.9. The maximum absolute atomic E-state index is 12.7. The number of nitrogens with zero attached hydrogens (tertiary/aromatic N) is 3. The molecule has 3 aromatic rings. The minimum atomic E-state index is -4.38. The molecule has 1 unspecified atom stereocenters. The van der Waals surface area contributed by atoms with Crippen LogP contribution in [0.2, 0.25) is 0 Å². The average Bonchev–Trinajstić information content (AvgIpc) is 3.13. The summed E-state index contributed by atoms with van der Waals surface area (Å²) in [4.78, 5) is 0. The van der Waals surface area contributed by atoms with Crippen LogP contribution in [0.5, 0.6) is 0 Å². The molecule has 0 saturated carbocycles. The third kappa shape index (κ3) is 4.21. The molecule has 1 heterocycles. The Hall–Kier alpha value is -3.18. The second-order valence-corrected chi connectivity index (χ2v) is 6.55. The molecule has 0 aliphatic rings. The number of hydrogen-bond acceptors (Lipinski definition) is 5. The number of halogens is 3. The van der Waals surface area contributed by atoms with Gasteiger partial charge in [0.2, 0.25) is 11.8 Å². The van der Waals surface area contributed by atoms with Gasteiger partial charge in [-0.2, -0.15) is 18.4 Å². The Balaban J connectivity index is 1.89. The summed E-state index contributed by atoms with van der Waals surface area (Å²) in [5.41, 5.74) is -0.198. The van der Waals surface area contributed by atoms with E-state index in [9.17, 15) is 18.3 Å². The molecule has 0 spiro atoms. The van der Waals surface area contributed by atoms with Crippen LogP contribution in [0.4, 0.5) is 13.2 Å². The molecule has 0 aliphatic heterocycles. The predicted molar refractivity (Wildman–Crippen MR) is 93.8 cm³/mol. The Morgan fingerprint density at radius 3 is 2.39 bits per heavy atom. The lowest BCUT2D eigenvalue weighted by Crippen LogP contribution is -2.20. The number of rotatable bonds is 5. The largest absolute Gasteiger partial charge is 0.417 e. The molecule has 0 amide bonds. The van der Waals surface area contributed by atoms with Crippen molar-refractivity contribution in [1.82, 2.24) is 10.2 Å². The summed E-state index contributed by atoms with van der Waals surface area (Å²) in [5.74, 6) is 0.0871. The normalized spacial score (nSPS) is 13.7. The molecule has 0 bridgehead atoms. The van der Waals surface area contributed by atoms with E-state index in [2.05, 4.69) is 10.2 Å². The molecule has 0 aliphatic carbocycles.